The summed E-state index contributed by atoms with van der Waals surface area (Å²) < 4.78 is 0. The molecule has 0 spiro atoms. The van der Waals surface area contributed by atoms with Crippen molar-refractivity contribution in [1.82, 2.24) is 15.0 Å². The molecule has 0 fully saturated rings. The van der Waals surface area contributed by atoms with E-state index < -0.39 is 5.97 Å². The Morgan fingerprint density at radius 3 is 2.46 bits per heavy atom. The van der Waals surface area contributed by atoms with Crippen LogP contribution in [0.4, 0.5) is 11.8 Å². The number of benzene rings is 2. The fourth-order valence-corrected chi connectivity index (χ4v) is 3.62. The van der Waals surface area contributed by atoms with Crippen molar-refractivity contribution in [2.45, 2.75) is 19.8 Å². The summed E-state index contributed by atoms with van der Waals surface area (Å²) in [5, 5.41) is 11.8. The maximum atomic E-state index is 11.5. The third-order valence-corrected chi connectivity index (χ3v) is 5.04. The van der Waals surface area contributed by atoms with Crippen LogP contribution in [0.2, 0.25) is 0 Å². The van der Waals surface area contributed by atoms with Gasteiger partial charge in [0.2, 0.25) is 5.95 Å². The third kappa shape index (κ3) is 2.96. The van der Waals surface area contributed by atoms with E-state index >= 15 is 0 Å². The highest BCUT2D eigenvalue weighted by Crippen LogP contribution is 2.27. The molecule has 0 aliphatic rings. The number of rotatable bonds is 4. The van der Waals surface area contributed by atoms with Crippen molar-refractivity contribution in [2.24, 2.45) is 0 Å². The van der Waals surface area contributed by atoms with Gasteiger partial charge < -0.3 is 16.6 Å². The van der Waals surface area contributed by atoms with Crippen LogP contribution < -0.4 is 11.5 Å². The van der Waals surface area contributed by atoms with Crippen molar-refractivity contribution in [1.29, 1.82) is 0 Å². The van der Waals surface area contributed by atoms with Gasteiger partial charge in [0.15, 0.2) is 5.65 Å². The van der Waals surface area contributed by atoms with Crippen molar-refractivity contribution in [3.63, 3.8) is 0 Å². The van der Waals surface area contributed by atoms with E-state index in [2.05, 4.69) is 15.0 Å². The van der Waals surface area contributed by atoms with E-state index in [9.17, 15) is 9.90 Å². The van der Waals surface area contributed by atoms with Crippen LogP contribution in [0, 0.1) is 6.92 Å². The number of aromatic nitrogens is 3. The van der Waals surface area contributed by atoms with Crippen molar-refractivity contribution >= 4 is 39.5 Å². The molecule has 0 bridgehead atoms. The quantitative estimate of drug-likeness (QED) is 0.501. The normalized spacial score (nSPS) is 11.2. The van der Waals surface area contributed by atoms with Gasteiger partial charge in [-0.25, -0.2) is 9.78 Å². The third-order valence-electron chi connectivity index (χ3n) is 5.04. The van der Waals surface area contributed by atoms with E-state index in [0.717, 1.165) is 45.7 Å². The number of fused-ring (bicyclic) bond motifs is 2. The van der Waals surface area contributed by atoms with Gasteiger partial charge in [-0.1, -0.05) is 30.3 Å². The SMILES string of the molecule is Cc1c(CCc2ccc(C(=O)O)c3ccccc23)cnc2nc(N)nc(N)c12. The number of aromatic carboxylic acids is 1. The standard InChI is InChI=1S/C21H19N5O2/c1-11-13(10-24-19-17(11)18(22)25-21(23)26-19)7-6-12-8-9-16(20(27)28)15-5-3-2-4-14(12)15/h2-5,8-10H,6-7H2,1H3,(H,27,28)(H4,22,23,24,25,26). The largest absolute Gasteiger partial charge is 0.478 e. The fourth-order valence-electron chi connectivity index (χ4n) is 3.62. The van der Waals surface area contributed by atoms with Crippen LogP contribution in [-0.4, -0.2) is 26.0 Å². The van der Waals surface area contributed by atoms with Crippen LogP contribution >= 0.6 is 0 Å². The molecule has 0 amide bonds. The summed E-state index contributed by atoms with van der Waals surface area (Å²) in [5.74, 6) is -0.493. The Morgan fingerprint density at radius 1 is 1.00 bits per heavy atom. The second-order valence-electron chi connectivity index (χ2n) is 6.70. The number of nitrogens with zero attached hydrogens (tertiary/aromatic N) is 3. The summed E-state index contributed by atoms with van der Waals surface area (Å²) in [7, 11) is 0. The predicted octanol–water partition coefficient (Wildman–Crippen LogP) is 3.13. The van der Waals surface area contributed by atoms with Crippen molar-refractivity contribution in [3.8, 4) is 0 Å². The molecule has 0 unspecified atom stereocenters. The maximum Gasteiger partial charge on any atom is 0.336 e. The number of hydrogen-bond acceptors (Lipinski definition) is 6. The molecule has 2 aromatic heterocycles. The lowest BCUT2D eigenvalue weighted by atomic mass is 9.94. The Hall–Kier alpha value is -3.74. The average Bonchev–Trinajstić information content (AvgIpc) is 2.66. The fraction of sp³-hybridized carbons (Fsp3) is 0.143. The molecule has 0 saturated carbocycles. The predicted molar refractivity (Wildman–Crippen MR) is 109 cm³/mol. The molecule has 0 aliphatic heterocycles. The second-order valence-corrected chi connectivity index (χ2v) is 6.70. The first-order chi connectivity index (χ1) is 13.5. The summed E-state index contributed by atoms with van der Waals surface area (Å²) in [4.78, 5) is 24.1. The first kappa shape index (κ1) is 17.7. The lowest BCUT2D eigenvalue weighted by Crippen LogP contribution is -2.05. The Bertz CT molecular complexity index is 1240. The Kier molecular flexibility index (Phi) is 4.27. The molecular weight excluding hydrogens is 354 g/mol. The van der Waals surface area contributed by atoms with Gasteiger partial charge in [-0.2, -0.15) is 9.97 Å². The summed E-state index contributed by atoms with van der Waals surface area (Å²) in [6.45, 7) is 1.97. The monoisotopic (exact) mass is 373 g/mol. The summed E-state index contributed by atoms with van der Waals surface area (Å²) in [5.41, 5.74) is 15.6. The average molecular weight is 373 g/mol. The molecule has 7 nitrogen and oxygen atoms in total. The van der Waals surface area contributed by atoms with Gasteiger partial charge in [0.25, 0.3) is 0 Å². The van der Waals surface area contributed by atoms with E-state index in [4.69, 9.17) is 11.5 Å². The highest BCUT2D eigenvalue weighted by atomic mass is 16.4. The van der Waals surface area contributed by atoms with Gasteiger partial charge >= 0.3 is 5.97 Å². The topological polar surface area (TPSA) is 128 Å². The molecular formula is C21H19N5O2. The van der Waals surface area contributed by atoms with Gasteiger partial charge in [0.05, 0.1) is 10.9 Å². The van der Waals surface area contributed by atoms with E-state index in [0.29, 0.717) is 17.0 Å². The molecule has 4 aromatic rings. The van der Waals surface area contributed by atoms with E-state index in [1.54, 1.807) is 12.3 Å². The number of carboxylic acid groups (broad SMARTS) is 1. The number of aryl methyl sites for hydroxylation is 3. The molecule has 4 rings (SSSR count). The van der Waals surface area contributed by atoms with E-state index in [-0.39, 0.29) is 5.95 Å². The minimum absolute atomic E-state index is 0.106. The molecule has 0 atom stereocenters. The molecule has 2 heterocycles. The highest BCUT2D eigenvalue weighted by molar-refractivity contribution is 6.04. The lowest BCUT2D eigenvalue weighted by molar-refractivity contribution is 0.0699. The first-order valence-electron chi connectivity index (χ1n) is 8.87. The van der Waals surface area contributed by atoms with Gasteiger partial charge in [-0.15, -0.1) is 0 Å². The highest BCUT2D eigenvalue weighted by Gasteiger charge is 2.14. The number of carbonyl (C=O) groups is 1. The Balaban J connectivity index is 1.72. The maximum absolute atomic E-state index is 11.5. The lowest BCUT2D eigenvalue weighted by Gasteiger charge is -2.12. The van der Waals surface area contributed by atoms with Crippen molar-refractivity contribution < 1.29 is 9.90 Å². The molecule has 5 N–H and O–H groups in total. The zero-order chi connectivity index (χ0) is 19.8. The minimum Gasteiger partial charge on any atom is -0.478 e. The molecule has 2 aromatic carbocycles. The molecule has 0 saturated heterocycles. The summed E-state index contributed by atoms with van der Waals surface area (Å²) >= 11 is 0. The zero-order valence-electron chi connectivity index (χ0n) is 15.3. The molecule has 0 aliphatic carbocycles. The molecule has 28 heavy (non-hydrogen) atoms. The second kappa shape index (κ2) is 6.77. The van der Waals surface area contributed by atoms with Crippen LogP contribution in [0.1, 0.15) is 27.0 Å². The number of pyridine rings is 1. The van der Waals surface area contributed by atoms with Gasteiger partial charge in [0.1, 0.15) is 5.82 Å². The zero-order valence-corrected chi connectivity index (χ0v) is 15.3. The number of nitrogen functional groups attached to an aromatic ring is 2. The number of hydrogen-bond donors (Lipinski definition) is 3. The molecule has 0 radical (unpaired) electrons. The van der Waals surface area contributed by atoms with Crippen LogP contribution in [0.5, 0.6) is 0 Å². The van der Waals surface area contributed by atoms with Crippen molar-refractivity contribution in [3.05, 3.63) is 64.8 Å². The van der Waals surface area contributed by atoms with E-state index in [1.165, 1.54) is 0 Å². The minimum atomic E-state index is -0.924. The number of anilines is 2. The number of carboxylic acids is 1. The molecule has 140 valence electrons. The smallest absolute Gasteiger partial charge is 0.336 e. The first-order valence-corrected chi connectivity index (χ1v) is 8.87. The molecule has 7 heteroatoms. The Labute approximate surface area is 161 Å². The summed E-state index contributed by atoms with van der Waals surface area (Å²) in [6, 6.07) is 11.1. The van der Waals surface area contributed by atoms with Crippen LogP contribution in [0.25, 0.3) is 21.8 Å². The Morgan fingerprint density at radius 2 is 1.71 bits per heavy atom. The van der Waals surface area contributed by atoms with Gasteiger partial charge in [0, 0.05) is 6.20 Å². The van der Waals surface area contributed by atoms with Crippen LogP contribution in [-0.2, 0) is 12.8 Å². The number of nitrogens with two attached hydrogens (primary N) is 2. The van der Waals surface area contributed by atoms with Gasteiger partial charge in [-0.05, 0) is 53.3 Å². The van der Waals surface area contributed by atoms with Crippen LogP contribution in [0.15, 0.2) is 42.6 Å². The van der Waals surface area contributed by atoms with Gasteiger partial charge in [-0.3, -0.25) is 0 Å². The summed E-state index contributed by atoms with van der Waals surface area (Å²) in [6.07, 6.45) is 3.26. The van der Waals surface area contributed by atoms with Crippen molar-refractivity contribution in [2.75, 3.05) is 11.5 Å². The van der Waals surface area contributed by atoms with Crippen LogP contribution in [0.3, 0.4) is 0 Å². The van der Waals surface area contributed by atoms with E-state index in [1.807, 2.05) is 37.3 Å².